The Morgan fingerprint density at radius 2 is 1.81 bits per heavy atom. The van der Waals surface area contributed by atoms with Crippen LogP contribution in [0.3, 0.4) is 0 Å². The molecule has 2 unspecified atom stereocenters. The van der Waals surface area contributed by atoms with Gasteiger partial charge in [-0.15, -0.1) is 0 Å². The van der Waals surface area contributed by atoms with Crippen molar-refractivity contribution in [2.75, 3.05) is 31.1 Å². The van der Waals surface area contributed by atoms with E-state index in [-0.39, 0.29) is 0 Å². The van der Waals surface area contributed by atoms with Crippen molar-refractivity contribution < 1.29 is 0 Å². The van der Waals surface area contributed by atoms with Crippen molar-refractivity contribution in [3.05, 3.63) is 41.7 Å². The van der Waals surface area contributed by atoms with Crippen LogP contribution in [0.2, 0.25) is 0 Å². The quantitative estimate of drug-likeness (QED) is 0.871. The molecule has 2 fully saturated rings. The van der Waals surface area contributed by atoms with Crippen LogP contribution in [-0.4, -0.2) is 40.4 Å². The minimum Gasteiger partial charge on any atom is -0.346 e. The summed E-state index contributed by atoms with van der Waals surface area (Å²) in [5, 5.41) is 1.11. The summed E-state index contributed by atoms with van der Waals surface area (Å²) in [4.78, 5) is 9.56. The van der Waals surface area contributed by atoms with Crippen LogP contribution in [0.1, 0.15) is 11.4 Å². The van der Waals surface area contributed by atoms with E-state index < -0.39 is 0 Å². The van der Waals surface area contributed by atoms with Crippen molar-refractivity contribution in [3.63, 3.8) is 0 Å². The van der Waals surface area contributed by atoms with Gasteiger partial charge in [0.2, 0.25) is 5.13 Å². The summed E-state index contributed by atoms with van der Waals surface area (Å²) in [5.41, 5.74) is 1.43. The third-order valence-corrected chi connectivity index (χ3v) is 5.47. The van der Waals surface area contributed by atoms with Gasteiger partial charge in [-0.1, -0.05) is 30.3 Å². The molecule has 0 amide bonds. The van der Waals surface area contributed by atoms with Gasteiger partial charge in [-0.3, -0.25) is 4.90 Å². The maximum Gasteiger partial charge on any atom is 0.205 e. The lowest BCUT2D eigenvalue weighted by Crippen LogP contribution is -2.28. The Hall–Kier alpha value is -1.46. The number of rotatable bonds is 3. The molecule has 4 nitrogen and oxygen atoms in total. The van der Waals surface area contributed by atoms with Gasteiger partial charge in [0.1, 0.15) is 5.82 Å². The molecule has 5 heteroatoms. The lowest BCUT2D eigenvalue weighted by molar-refractivity contribution is 0.309. The number of likely N-dealkylation sites (tertiary alicyclic amines) is 1. The van der Waals surface area contributed by atoms with Gasteiger partial charge in [-0.2, -0.15) is 4.37 Å². The Morgan fingerprint density at radius 3 is 2.43 bits per heavy atom. The zero-order chi connectivity index (χ0) is 14.2. The van der Waals surface area contributed by atoms with Gasteiger partial charge in [0.05, 0.1) is 0 Å². The fourth-order valence-electron chi connectivity index (χ4n) is 3.63. The maximum atomic E-state index is 4.53. The van der Waals surface area contributed by atoms with Crippen LogP contribution in [0.4, 0.5) is 5.13 Å². The Bertz CT molecular complexity index is 598. The van der Waals surface area contributed by atoms with Crippen molar-refractivity contribution in [1.82, 2.24) is 14.3 Å². The molecule has 0 bridgehead atoms. The first-order valence-electron chi connectivity index (χ1n) is 7.59. The normalized spacial score (nSPS) is 25.5. The van der Waals surface area contributed by atoms with Crippen molar-refractivity contribution in [3.8, 4) is 0 Å². The van der Waals surface area contributed by atoms with Gasteiger partial charge >= 0.3 is 0 Å². The summed E-state index contributed by atoms with van der Waals surface area (Å²) in [6, 6.07) is 10.8. The van der Waals surface area contributed by atoms with E-state index in [1.165, 1.54) is 18.7 Å². The largest absolute Gasteiger partial charge is 0.346 e. The first kappa shape index (κ1) is 13.2. The van der Waals surface area contributed by atoms with Crippen molar-refractivity contribution in [1.29, 1.82) is 0 Å². The number of anilines is 1. The molecule has 0 saturated carbocycles. The molecule has 3 heterocycles. The highest BCUT2D eigenvalue weighted by Crippen LogP contribution is 2.34. The molecule has 1 aromatic carbocycles. The lowest BCUT2D eigenvalue weighted by atomic mass is 10.0. The van der Waals surface area contributed by atoms with Gasteiger partial charge in [0.25, 0.3) is 0 Å². The summed E-state index contributed by atoms with van der Waals surface area (Å²) >= 11 is 1.54. The molecule has 4 rings (SSSR count). The number of benzene rings is 1. The molecule has 0 aliphatic carbocycles. The first-order chi connectivity index (χ1) is 10.3. The van der Waals surface area contributed by atoms with Gasteiger partial charge in [0, 0.05) is 44.3 Å². The van der Waals surface area contributed by atoms with E-state index in [0.29, 0.717) is 0 Å². The zero-order valence-electron chi connectivity index (χ0n) is 12.3. The molecule has 21 heavy (non-hydrogen) atoms. The number of fused-ring (bicyclic) bond motifs is 1. The third-order valence-electron chi connectivity index (χ3n) is 4.60. The van der Waals surface area contributed by atoms with Crippen LogP contribution in [0.5, 0.6) is 0 Å². The predicted molar refractivity (Wildman–Crippen MR) is 85.6 cm³/mol. The average Bonchev–Trinajstić information content (AvgIpc) is 3.14. The highest BCUT2D eigenvalue weighted by Gasteiger charge is 2.40. The van der Waals surface area contributed by atoms with Gasteiger partial charge in [0.15, 0.2) is 0 Å². The summed E-state index contributed by atoms with van der Waals surface area (Å²) < 4.78 is 4.30. The Morgan fingerprint density at radius 1 is 1.10 bits per heavy atom. The molecule has 0 N–H and O–H groups in total. The van der Waals surface area contributed by atoms with E-state index in [9.17, 15) is 0 Å². The lowest BCUT2D eigenvalue weighted by Gasteiger charge is -2.20. The second kappa shape index (κ2) is 5.39. The van der Waals surface area contributed by atoms with E-state index in [2.05, 4.69) is 49.5 Å². The van der Waals surface area contributed by atoms with E-state index >= 15 is 0 Å². The minimum absolute atomic E-state index is 0.790. The number of hydrogen-bond acceptors (Lipinski definition) is 5. The number of nitrogens with zero attached hydrogens (tertiary/aromatic N) is 4. The third kappa shape index (κ3) is 2.68. The summed E-state index contributed by atoms with van der Waals surface area (Å²) in [5.74, 6) is 2.48. The average molecular weight is 300 g/mol. The molecule has 2 aliphatic heterocycles. The highest BCUT2D eigenvalue weighted by molar-refractivity contribution is 7.09. The van der Waals surface area contributed by atoms with E-state index in [1.807, 2.05) is 6.92 Å². The highest BCUT2D eigenvalue weighted by atomic mass is 32.1. The molecule has 1 aromatic heterocycles. The van der Waals surface area contributed by atoms with Crippen LogP contribution in [0.15, 0.2) is 30.3 Å². The van der Waals surface area contributed by atoms with E-state index in [0.717, 1.165) is 42.4 Å². The smallest absolute Gasteiger partial charge is 0.205 e. The molecule has 2 aromatic rings. The van der Waals surface area contributed by atoms with Crippen molar-refractivity contribution >= 4 is 16.7 Å². The van der Waals surface area contributed by atoms with Crippen LogP contribution in [0, 0.1) is 18.8 Å². The first-order valence-corrected chi connectivity index (χ1v) is 8.37. The zero-order valence-corrected chi connectivity index (χ0v) is 13.1. The summed E-state index contributed by atoms with van der Waals surface area (Å²) in [6.45, 7) is 7.78. The second-order valence-corrected chi connectivity index (χ2v) is 6.96. The summed E-state index contributed by atoms with van der Waals surface area (Å²) in [7, 11) is 0. The Balaban J connectivity index is 1.37. The Kier molecular flexibility index (Phi) is 3.39. The van der Waals surface area contributed by atoms with E-state index in [4.69, 9.17) is 0 Å². The SMILES string of the molecule is Cc1nsc(N2CC3CN(Cc4ccccc4)CC3C2)n1. The topological polar surface area (TPSA) is 32.3 Å². The number of aryl methyl sites for hydroxylation is 1. The van der Waals surface area contributed by atoms with Crippen molar-refractivity contribution in [2.24, 2.45) is 11.8 Å². The van der Waals surface area contributed by atoms with Crippen LogP contribution >= 0.6 is 11.5 Å². The number of hydrogen-bond donors (Lipinski definition) is 0. The summed E-state index contributed by atoms with van der Waals surface area (Å²) in [6.07, 6.45) is 0. The molecular weight excluding hydrogens is 280 g/mol. The molecule has 2 atom stereocenters. The fourth-order valence-corrected chi connectivity index (χ4v) is 4.32. The molecule has 2 saturated heterocycles. The molecular formula is C16H20N4S. The monoisotopic (exact) mass is 300 g/mol. The van der Waals surface area contributed by atoms with Crippen LogP contribution in [-0.2, 0) is 6.54 Å². The maximum absolute atomic E-state index is 4.53. The molecule has 2 aliphatic rings. The second-order valence-electron chi connectivity index (χ2n) is 6.23. The predicted octanol–water partition coefficient (Wildman–Crippen LogP) is 2.41. The van der Waals surface area contributed by atoms with Gasteiger partial charge in [-0.05, 0) is 24.3 Å². The molecule has 110 valence electrons. The molecule has 0 spiro atoms. The Labute approximate surface area is 129 Å². The van der Waals surface area contributed by atoms with E-state index in [1.54, 1.807) is 11.5 Å². The number of aromatic nitrogens is 2. The van der Waals surface area contributed by atoms with Crippen LogP contribution < -0.4 is 4.90 Å². The minimum atomic E-state index is 0.790. The van der Waals surface area contributed by atoms with Gasteiger partial charge < -0.3 is 4.90 Å². The van der Waals surface area contributed by atoms with Crippen molar-refractivity contribution in [2.45, 2.75) is 13.5 Å². The standard InChI is InChI=1S/C16H20N4S/c1-12-17-16(21-18-12)20-10-14-8-19(9-15(14)11-20)7-13-5-3-2-4-6-13/h2-6,14-15H,7-11H2,1H3. The van der Waals surface area contributed by atoms with Gasteiger partial charge in [-0.25, -0.2) is 4.98 Å². The fraction of sp³-hybridized carbons (Fsp3) is 0.500. The van der Waals surface area contributed by atoms with Crippen LogP contribution in [0.25, 0.3) is 0 Å². The molecule has 0 radical (unpaired) electrons.